The summed E-state index contributed by atoms with van der Waals surface area (Å²) in [5.41, 5.74) is 1.56. The lowest BCUT2D eigenvalue weighted by Crippen LogP contribution is -2.17. The quantitative estimate of drug-likeness (QED) is 0.390. The van der Waals surface area contributed by atoms with Gasteiger partial charge in [0.25, 0.3) is 0 Å². The van der Waals surface area contributed by atoms with E-state index in [2.05, 4.69) is 6.92 Å². The molecule has 0 aliphatic carbocycles. The highest BCUT2D eigenvalue weighted by Gasteiger charge is 2.10. The summed E-state index contributed by atoms with van der Waals surface area (Å²) in [4.78, 5) is 23.6. The van der Waals surface area contributed by atoms with Crippen LogP contribution in [0.3, 0.4) is 0 Å². The highest BCUT2D eigenvalue weighted by Crippen LogP contribution is 2.15. The van der Waals surface area contributed by atoms with Gasteiger partial charge in [-0.2, -0.15) is 0 Å². The van der Waals surface area contributed by atoms with Crippen LogP contribution in [-0.4, -0.2) is 38.9 Å². The van der Waals surface area contributed by atoms with Crippen LogP contribution >= 0.6 is 0 Å². The van der Waals surface area contributed by atoms with Crippen LogP contribution in [-0.2, 0) is 20.7 Å². The lowest BCUT2D eigenvalue weighted by molar-refractivity contribution is -0.136. The van der Waals surface area contributed by atoms with Gasteiger partial charge in [0, 0.05) is 7.11 Å². The van der Waals surface area contributed by atoms with Crippen LogP contribution in [0.5, 0.6) is 11.5 Å². The van der Waals surface area contributed by atoms with Crippen molar-refractivity contribution in [2.75, 3.05) is 26.9 Å². The van der Waals surface area contributed by atoms with Gasteiger partial charge < -0.3 is 18.9 Å². The van der Waals surface area contributed by atoms with Crippen LogP contribution in [0.1, 0.15) is 22.8 Å². The Labute approximate surface area is 152 Å². The molecule has 0 aliphatic heterocycles. The van der Waals surface area contributed by atoms with Gasteiger partial charge in [-0.1, -0.05) is 19.1 Å². The first kappa shape index (κ1) is 19.5. The third-order valence-corrected chi connectivity index (χ3v) is 3.53. The lowest BCUT2D eigenvalue weighted by atomic mass is 10.2. The third-order valence-electron chi connectivity index (χ3n) is 3.53. The summed E-state index contributed by atoms with van der Waals surface area (Å²) in [7, 11) is 1.53. The predicted molar refractivity (Wildman–Crippen MR) is 95.6 cm³/mol. The first-order valence-electron chi connectivity index (χ1n) is 8.31. The molecule has 26 heavy (non-hydrogen) atoms. The minimum atomic E-state index is -0.528. The fourth-order valence-electron chi connectivity index (χ4n) is 2.08. The third kappa shape index (κ3) is 6.22. The van der Waals surface area contributed by atoms with Crippen molar-refractivity contribution in [2.24, 2.45) is 0 Å². The van der Waals surface area contributed by atoms with Crippen LogP contribution in [0, 0.1) is 0 Å². The summed E-state index contributed by atoms with van der Waals surface area (Å²) in [6.07, 6.45) is 0.943. The number of benzene rings is 2. The van der Waals surface area contributed by atoms with Crippen molar-refractivity contribution in [1.29, 1.82) is 0 Å². The van der Waals surface area contributed by atoms with E-state index in [1.807, 2.05) is 24.3 Å². The lowest BCUT2D eigenvalue weighted by Gasteiger charge is -2.08. The number of ether oxygens (including phenoxy) is 4. The van der Waals surface area contributed by atoms with E-state index >= 15 is 0 Å². The van der Waals surface area contributed by atoms with E-state index in [1.165, 1.54) is 36.9 Å². The minimum absolute atomic E-state index is 0.183. The van der Waals surface area contributed by atoms with E-state index in [-0.39, 0.29) is 13.2 Å². The van der Waals surface area contributed by atoms with Crippen molar-refractivity contribution in [3.05, 3.63) is 59.7 Å². The van der Waals surface area contributed by atoms with Crippen molar-refractivity contribution in [3.8, 4) is 11.5 Å². The number of carbonyl (C=O) groups excluding carboxylic acids is 2. The summed E-state index contributed by atoms with van der Waals surface area (Å²) in [6.45, 7) is 2.38. The molecule has 0 heterocycles. The second kappa shape index (κ2) is 10.2. The molecule has 0 aromatic heterocycles. The Kier molecular flexibility index (Phi) is 7.64. The normalized spacial score (nSPS) is 10.2. The predicted octanol–water partition coefficient (Wildman–Crippen LogP) is 3.04. The highest BCUT2D eigenvalue weighted by atomic mass is 16.6. The Morgan fingerprint density at radius 1 is 0.885 bits per heavy atom. The van der Waals surface area contributed by atoms with Gasteiger partial charge in [0.05, 0.1) is 12.2 Å². The Hall–Kier alpha value is -2.86. The second-order valence-corrected chi connectivity index (χ2v) is 5.41. The van der Waals surface area contributed by atoms with Crippen LogP contribution in [0.2, 0.25) is 0 Å². The van der Waals surface area contributed by atoms with Crippen LogP contribution in [0.4, 0.5) is 0 Å². The molecule has 0 aliphatic rings. The van der Waals surface area contributed by atoms with Crippen molar-refractivity contribution >= 4 is 11.9 Å². The average Bonchev–Trinajstić information content (AvgIpc) is 2.67. The molecule has 138 valence electrons. The van der Waals surface area contributed by atoms with Gasteiger partial charge in [0.15, 0.2) is 6.61 Å². The maximum atomic E-state index is 11.8. The molecule has 0 N–H and O–H groups in total. The summed E-state index contributed by atoms with van der Waals surface area (Å²) < 4.78 is 20.4. The van der Waals surface area contributed by atoms with Crippen molar-refractivity contribution in [1.82, 2.24) is 0 Å². The molecule has 0 amide bonds. The van der Waals surface area contributed by atoms with Gasteiger partial charge >= 0.3 is 11.9 Å². The topological polar surface area (TPSA) is 71.1 Å². The molecule has 0 fully saturated rings. The molecular formula is C20H22O6. The summed E-state index contributed by atoms with van der Waals surface area (Å²) >= 11 is 0. The van der Waals surface area contributed by atoms with E-state index in [0.29, 0.717) is 23.7 Å². The monoisotopic (exact) mass is 358 g/mol. The van der Waals surface area contributed by atoms with E-state index < -0.39 is 11.9 Å². The number of aryl methyl sites for hydroxylation is 1. The molecular weight excluding hydrogens is 336 g/mol. The van der Waals surface area contributed by atoms with Gasteiger partial charge in [0.2, 0.25) is 0 Å². The molecule has 0 radical (unpaired) electrons. The number of esters is 2. The maximum absolute atomic E-state index is 11.8. The first-order valence-corrected chi connectivity index (χ1v) is 8.31. The van der Waals surface area contributed by atoms with E-state index in [0.717, 1.165) is 6.42 Å². The zero-order valence-electron chi connectivity index (χ0n) is 14.9. The molecule has 2 rings (SSSR count). The van der Waals surface area contributed by atoms with Crippen molar-refractivity contribution in [3.63, 3.8) is 0 Å². The van der Waals surface area contributed by atoms with E-state index in [4.69, 9.17) is 18.9 Å². The fraction of sp³-hybridized carbons (Fsp3) is 0.300. The number of rotatable bonds is 9. The molecule has 0 bridgehead atoms. The van der Waals surface area contributed by atoms with E-state index in [1.54, 1.807) is 0 Å². The second-order valence-electron chi connectivity index (χ2n) is 5.41. The Balaban J connectivity index is 1.80. The Morgan fingerprint density at radius 3 is 2.15 bits per heavy atom. The number of hydrogen-bond acceptors (Lipinski definition) is 6. The van der Waals surface area contributed by atoms with Gasteiger partial charge in [-0.05, 0) is 48.4 Å². The minimum Gasteiger partial charge on any atom is -0.482 e. The molecule has 6 heteroatoms. The van der Waals surface area contributed by atoms with Gasteiger partial charge in [-0.3, -0.25) is 0 Å². The maximum Gasteiger partial charge on any atom is 0.349 e. The van der Waals surface area contributed by atoms with Crippen LogP contribution < -0.4 is 9.47 Å². The first-order chi connectivity index (χ1) is 12.6. The van der Waals surface area contributed by atoms with Crippen LogP contribution in [0.15, 0.2) is 48.5 Å². The molecule has 6 nitrogen and oxygen atoms in total. The molecule has 0 saturated heterocycles. The zero-order valence-corrected chi connectivity index (χ0v) is 14.9. The Bertz CT molecular complexity index is 706. The number of carbonyl (C=O) groups is 2. The molecule has 2 aromatic rings. The highest BCUT2D eigenvalue weighted by molar-refractivity contribution is 5.89. The molecule has 0 spiro atoms. The summed E-state index contributed by atoms with van der Waals surface area (Å²) in [6, 6.07) is 13.6. The van der Waals surface area contributed by atoms with Crippen molar-refractivity contribution < 1.29 is 28.5 Å². The number of methoxy groups -OCH3 is 1. The summed E-state index contributed by atoms with van der Waals surface area (Å²) in [5, 5.41) is 0. The zero-order chi connectivity index (χ0) is 18.8. The SMILES string of the molecule is CCc1ccc(OCC(=O)Oc2ccc(C(=O)OCCOC)cc2)cc1. The van der Waals surface area contributed by atoms with Crippen LogP contribution in [0.25, 0.3) is 0 Å². The molecule has 2 aromatic carbocycles. The number of hydrogen-bond donors (Lipinski definition) is 0. The fourth-order valence-corrected chi connectivity index (χ4v) is 2.08. The molecule has 0 atom stereocenters. The largest absolute Gasteiger partial charge is 0.482 e. The van der Waals surface area contributed by atoms with Crippen molar-refractivity contribution in [2.45, 2.75) is 13.3 Å². The van der Waals surface area contributed by atoms with Gasteiger partial charge in [-0.15, -0.1) is 0 Å². The Morgan fingerprint density at radius 2 is 1.54 bits per heavy atom. The standard InChI is InChI=1S/C20H22O6/c1-3-15-4-8-17(9-5-15)25-14-19(21)26-18-10-6-16(7-11-18)20(22)24-13-12-23-2/h4-11H,3,12-14H2,1-2H3. The average molecular weight is 358 g/mol. The van der Waals surface area contributed by atoms with Gasteiger partial charge in [0.1, 0.15) is 18.1 Å². The molecule has 0 unspecified atom stereocenters. The van der Waals surface area contributed by atoms with Gasteiger partial charge in [-0.25, -0.2) is 9.59 Å². The molecule has 0 saturated carbocycles. The smallest absolute Gasteiger partial charge is 0.349 e. The van der Waals surface area contributed by atoms with E-state index in [9.17, 15) is 9.59 Å². The summed E-state index contributed by atoms with van der Waals surface area (Å²) in [5.74, 6) is -0.0551.